The third-order valence-electron chi connectivity index (χ3n) is 4.00. The summed E-state index contributed by atoms with van der Waals surface area (Å²) in [6, 6.07) is 4.79. The Morgan fingerprint density at radius 3 is 2.24 bits per heavy atom. The molecule has 3 rings (SSSR count). The number of imide groups is 1. The minimum absolute atomic E-state index is 0.115. The van der Waals surface area contributed by atoms with Gasteiger partial charge in [-0.05, 0) is 24.3 Å². The highest BCUT2D eigenvalue weighted by atomic mass is 19.1. The first-order valence-electron chi connectivity index (χ1n) is 6.94. The molecule has 2 amide bonds. The van der Waals surface area contributed by atoms with Gasteiger partial charge in [0.1, 0.15) is 11.6 Å². The minimum atomic E-state index is -0.504. The molecule has 0 radical (unpaired) electrons. The van der Waals surface area contributed by atoms with E-state index in [1.54, 1.807) is 0 Å². The first-order valence-corrected chi connectivity index (χ1v) is 6.94. The van der Waals surface area contributed by atoms with Crippen molar-refractivity contribution in [2.45, 2.75) is 25.3 Å². The summed E-state index contributed by atoms with van der Waals surface area (Å²) in [5, 5.41) is 0. The summed E-state index contributed by atoms with van der Waals surface area (Å²) in [4.78, 5) is 38.8. The number of hydrogen-bond acceptors (Lipinski definition) is 4. The van der Waals surface area contributed by atoms with Gasteiger partial charge in [0.05, 0.1) is 18.2 Å². The van der Waals surface area contributed by atoms with Gasteiger partial charge in [0.25, 0.3) is 5.91 Å². The van der Waals surface area contributed by atoms with Gasteiger partial charge >= 0.3 is 0 Å². The van der Waals surface area contributed by atoms with Crippen molar-refractivity contribution in [1.29, 1.82) is 0 Å². The van der Waals surface area contributed by atoms with E-state index in [1.165, 1.54) is 24.3 Å². The van der Waals surface area contributed by atoms with E-state index in [0.717, 1.165) is 4.90 Å². The zero-order chi connectivity index (χ0) is 15.0. The van der Waals surface area contributed by atoms with Crippen molar-refractivity contribution in [2.24, 2.45) is 0 Å². The van der Waals surface area contributed by atoms with Gasteiger partial charge in [0.2, 0.25) is 5.91 Å². The van der Waals surface area contributed by atoms with Crippen LogP contribution in [0.15, 0.2) is 24.3 Å². The van der Waals surface area contributed by atoms with Crippen molar-refractivity contribution in [2.75, 3.05) is 18.0 Å². The molecule has 0 aromatic heterocycles. The predicted molar refractivity (Wildman–Crippen MR) is 73.1 cm³/mol. The van der Waals surface area contributed by atoms with E-state index in [1.807, 2.05) is 4.90 Å². The van der Waals surface area contributed by atoms with Gasteiger partial charge in [-0.2, -0.15) is 0 Å². The number of piperidine rings is 1. The third kappa shape index (κ3) is 2.58. The molecule has 0 bridgehead atoms. The fourth-order valence-corrected chi connectivity index (χ4v) is 2.85. The van der Waals surface area contributed by atoms with E-state index in [0.29, 0.717) is 31.6 Å². The third-order valence-corrected chi connectivity index (χ3v) is 4.00. The number of anilines is 1. The Bertz CT molecular complexity index is 589. The molecule has 2 aliphatic rings. The molecule has 0 spiro atoms. The topological polar surface area (TPSA) is 57.7 Å². The Kier molecular flexibility index (Phi) is 3.55. The molecular weight excluding hydrogens is 275 g/mol. The molecule has 2 saturated heterocycles. The van der Waals surface area contributed by atoms with Gasteiger partial charge in [-0.25, -0.2) is 9.29 Å². The van der Waals surface area contributed by atoms with Crippen LogP contribution in [0.1, 0.15) is 19.3 Å². The molecule has 6 heteroatoms. The lowest BCUT2D eigenvalue weighted by Crippen LogP contribution is -2.46. The molecule has 1 atom stereocenters. The molecule has 21 heavy (non-hydrogen) atoms. The number of carbonyl (C=O) groups is 3. The second kappa shape index (κ2) is 5.37. The molecule has 1 aromatic carbocycles. The second-order valence-electron chi connectivity index (χ2n) is 5.34. The van der Waals surface area contributed by atoms with Crippen molar-refractivity contribution < 1.29 is 18.8 Å². The van der Waals surface area contributed by atoms with Crippen LogP contribution in [-0.4, -0.2) is 41.6 Å². The Balaban J connectivity index is 1.79. The lowest BCUT2D eigenvalue weighted by Gasteiger charge is -2.29. The monoisotopic (exact) mass is 290 g/mol. The zero-order valence-electron chi connectivity index (χ0n) is 11.4. The van der Waals surface area contributed by atoms with Crippen LogP contribution < -0.4 is 4.90 Å². The summed E-state index contributed by atoms with van der Waals surface area (Å²) in [5.74, 6) is -0.795. The van der Waals surface area contributed by atoms with Crippen LogP contribution in [0.4, 0.5) is 10.1 Å². The fraction of sp³-hybridized carbons (Fsp3) is 0.400. The summed E-state index contributed by atoms with van der Waals surface area (Å²) in [6.45, 7) is 1.03. The van der Waals surface area contributed by atoms with E-state index in [4.69, 9.17) is 0 Å². The summed E-state index contributed by atoms with van der Waals surface area (Å²) in [5.41, 5.74) is 0.391. The maximum absolute atomic E-state index is 12.9. The standard InChI is InChI=1S/C15H15FN2O3/c16-10-1-3-11(4-2-10)18-14(20)9-13(15(18)21)17-7-5-12(19)6-8-17/h1-4,13H,5-9H2/t13-/m1/s1. The molecule has 0 N–H and O–H groups in total. The highest BCUT2D eigenvalue weighted by Gasteiger charge is 2.43. The predicted octanol–water partition coefficient (Wildman–Crippen LogP) is 1.12. The minimum Gasteiger partial charge on any atom is -0.300 e. The molecule has 2 fully saturated rings. The van der Waals surface area contributed by atoms with Gasteiger partial charge in [-0.1, -0.05) is 0 Å². The highest BCUT2D eigenvalue weighted by Crippen LogP contribution is 2.27. The van der Waals surface area contributed by atoms with E-state index < -0.39 is 11.9 Å². The van der Waals surface area contributed by atoms with Crippen molar-refractivity contribution in [3.8, 4) is 0 Å². The first-order chi connectivity index (χ1) is 10.1. The first kappa shape index (κ1) is 13.9. The highest BCUT2D eigenvalue weighted by molar-refractivity contribution is 6.22. The molecule has 2 heterocycles. The van der Waals surface area contributed by atoms with Crippen molar-refractivity contribution in [1.82, 2.24) is 4.90 Å². The maximum atomic E-state index is 12.9. The van der Waals surface area contributed by atoms with Crippen LogP contribution in [0.2, 0.25) is 0 Å². The second-order valence-corrected chi connectivity index (χ2v) is 5.34. The lowest BCUT2D eigenvalue weighted by atomic mass is 10.1. The number of ketones is 1. The van der Waals surface area contributed by atoms with Crippen LogP contribution >= 0.6 is 0 Å². The number of halogens is 1. The fourth-order valence-electron chi connectivity index (χ4n) is 2.85. The quantitative estimate of drug-likeness (QED) is 0.766. The van der Waals surface area contributed by atoms with E-state index in [-0.39, 0.29) is 24.0 Å². The van der Waals surface area contributed by atoms with E-state index in [2.05, 4.69) is 0 Å². The summed E-state index contributed by atoms with van der Waals surface area (Å²) in [7, 11) is 0. The summed E-state index contributed by atoms with van der Waals surface area (Å²) in [6.07, 6.45) is 0.966. The number of rotatable bonds is 2. The Morgan fingerprint density at radius 1 is 1.00 bits per heavy atom. The Hall–Kier alpha value is -2.08. The molecule has 110 valence electrons. The lowest BCUT2D eigenvalue weighted by molar-refractivity contribution is -0.127. The van der Waals surface area contributed by atoms with Gasteiger partial charge in [-0.3, -0.25) is 19.3 Å². The number of nitrogens with zero attached hydrogens (tertiary/aromatic N) is 2. The van der Waals surface area contributed by atoms with Gasteiger partial charge in [0.15, 0.2) is 0 Å². The van der Waals surface area contributed by atoms with Crippen molar-refractivity contribution in [3.63, 3.8) is 0 Å². The van der Waals surface area contributed by atoms with Crippen molar-refractivity contribution >= 4 is 23.3 Å². The number of likely N-dealkylation sites (tertiary alicyclic amines) is 1. The van der Waals surface area contributed by atoms with Crippen molar-refractivity contribution in [3.05, 3.63) is 30.1 Å². The maximum Gasteiger partial charge on any atom is 0.251 e. The smallest absolute Gasteiger partial charge is 0.251 e. The summed E-state index contributed by atoms with van der Waals surface area (Å²) < 4.78 is 12.9. The normalized spacial score (nSPS) is 24.0. The zero-order valence-corrected chi connectivity index (χ0v) is 11.4. The average Bonchev–Trinajstić information content (AvgIpc) is 2.76. The van der Waals surface area contributed by atoms with E-state index >= 15 is 0 Å². The van der Waals surface area contributed by atoms with Crippen LogP contribution in [-0.2, 0) is 14.4 Å². The average molecular weight is 290 g/mol. The Morgan fingerprint density at radius 2 is 1.62 bits per heavy atom. The number of carbonyl (C=O) groups excluding carboxylic acids is 3. The molecular formula is C15H15FN2O3. The van der Waals surface area contributed by atoms with Gasteiger partial charge < -0.3 is 0 Å². The van der Waals surface area contributed by atoms with Crippen LogP contribution in [0.3, 0.4) is 0 Å². The molecule has 0 unspecified atom stereocenters. The number of benzene rings is 1. The van der Waals surface area contributed by atoms with E-state index in [9.17, 15) is 18.8 Å². The number of amides is 2. The van der Waals surface area contributed by atoms with Crippen LogP contribution in [0.25, 0.3) is 0 Å². The van der Waals surface area contributed by atoms with Gasteiger partial charge in [0, 0.05) is 25.9 Å². The van der Waals surface area contributed by atoms with Gasteiger partial charge in [-0.15, -0.1) is 0 Å². The SMILES string of the molecule is O=C1CCN([C@@H]2CC(=O)N(c3ccc(F)cc3)C2=O)CC1. The molecule has 1 aromatic rings. The number of Topliss-reactive ketones (excluding diaryl/α,β-unsaturated/α-hetero) is 1. The molecule has 0 saturated carbocycles. The number of hydrogen-bond donors (Lipinski definition) is 0. The van der Waals surface area contributed by atoms with Crippen LogP contribution in [0, 0.1) is 5.82 Å². The molecule has 5 nitrogen and oxygen atoms in total. The van der Waals surface area contributed by atoms with Crippen LogP contribution in [0.5, 0.6) is 0 Å². The largest absolute Gasteiger partial charge is 0.300 e. The molecule has 2 aliphatic heterocycles. The Labute approximate surface area is 121 Å². The molecule has 0 aliphatic carbocycles. The summed E-state index contributed by atoms with van der Waals surface area (Å²) >= 11 is 0.